The summed E-state index contributed by atoms with van der Waals surface area (Å²) in [5.74, 6) is -0.0250. The van der Waals surface area contributed by atoms with Crippen LogP contribution in [0.15, 0.2) is 6.07 Å². The summed E-state index contributed by atoms with van der Waals surface area (Å²) in [4.78, 5) is 0. The highest BCUT2D eigenvalue weighted by atomic mass is 32.2. The molecule has 1 atom stereocenters. The third-order valence-electron chi connectivity index (χ3n) is 3.00. The van der Waals surface area contributed by atoms with Crippen molar-refractivity contribution in [1.82, 2.24) is 9.78 Å². The predicted octanol–water partition coefficient (Wildman–Crippen LogP) is 1.96. The molecule has 8 heteroatoms. The molecular weight excluding hydrogens is 269 g/mol. The topological polar surface area (TPSA) is 52.0 Å². The lowest BCUT2D eigenvalue weighted by Gasteiger charge is -2.23. The maximum Gasteiger partial charge on any atom is 0.435 e. The number of alkyl halides is 3. The molecular formula is C10H13F3N2O2S. The molecule has 1 aromatic rings. The fraction of sp³-hybridized carbons (Fsp3) is 0.700. The zero-order chi connectivity index (χ0) is 13.6. The predicted molar refractivity (Wildman–Crippen MR) is 58.9 cm³/mol. The van der Waals surface area contributed by atoms with E-state index in [1.807, 2.05) is 0 Å². The third-order valence-corrected chi connectivity index (χ3v) is 4.80. The van der Waals surface area contributed by atoms with E-state index in [4.69, 9.17) is 0 Å². The minimum atomic E-state index is -4.50. The Hall–Kier alpha value is -1.05. The van der Waals surface area contributed by atoms with Crippen LogP contribution >= 0.6 is 0 Å². The molecule has 102 valence electrons. The summed E-state index contributed by atoms with van der Waals surface area (Å²) in [5, 5.41) is 3.50. The van der Waals surface area contributed by atoms with Crippen LogP contribution in [0.2, 0.25) is 0 Å². The highest BCUT2D eigenvalue weighted by Crippen LogP contribution is 2.31. The van der Waals surface area contributed by atoms with Gasteiger partial charge in [-0.15, -0.1) is 0 Å². The van der Waals surface area contributed by atoms with Crippen molar-refractivity contribution < 1.29 is 21.6 Å². The third kappa shape index (κ3) is 2.68. The smallest absolute Gasteiger partial charge is 0.265 e. The monoisotopic (exact) mass is 282 g/mol. The van der Waals surface area contributed by atoms with Crippen LogP contribution in [-0.2, 0) is 16.0 Å². The Morgan fingerprint density at radius 1 is 1.44 bits per heavy atom. The summed E-state index contributed by atoms with van der Waals surface area (Å²) < 4.78 is 61.7. The van der Waals surface area contributed by atoms with Gasteiger partial charge in [0.25, 0.3) is 0 Å². The van der Waals surface area contributed by atoms with Crippen LogP contribution in [0, 0.1) is 6.92 Å². The highest BCUT2D eigenvalue weighted by molar-refractivity contribution is 7.91. The van der Waals surface area contributed by atoms with Crippen LogP contribution in [0.5, 0.6) is 0 Å². The van der Waals surface area contributed by atoms with Crippen LogP contribution in [0.1, 0.15) is 30.3 Å². The van der Waals surface area contributed by atoms with Gasteiger partial charge in [0.15, 0.2) is 15.5 Å². The normalized spacial score (nSPS) is 24.1. The number of aryl methyl sites for hydroxylation is 1. The van der Waals surface area contributed by atoms with Crippen LogP contribution in [-0.4, -0.2) is 29.7 Å². The standard InChI is InChI=1S/C10H13F3N2O2S/c1-7-5-9(10(11,12)13)14-15(7)8-3-2-4-18(16,17)6-8/h5,8H,2-4,6H2,1H3. The van der Waals surface area contributed by atoms with Crippen LogP contribution in [0.25, 0.3) is 0 Å². The number of aromatic nitrogens is 2. The lowest BCUT2D eigenvalue weighted by atomic mass is 10.2. The zero-order valence-electron chi connectivity index (χ0n) is 9.74. The average Bonchev–Trinajstić information content (AvgIpc) is 2.58. The summed E-state index contributed by atoms with van der Waals surface area (Å²) in [6, 6.07) is 0.459. The molecule has 1 saturated heterocycles. The van der Waals surface area contributed by atoms with E-state index in [0.717, 1.165) is 6.07 Å². The van der Waals surface area contributed by atoms with E-state index in [9.17, 15) is 21.6 Å². The van der Waals surface area contributed by atoms with E-state index in [1.165, 1.54) is 11.6 Å². The van der Waals surface area contributed by atoms with Crippen molar-refractivity contribution in [3.8, 4) is 0 Å². The van der Waals surface area contributed by atoms with Gasteiger partial charge in [0.1, 0.15) is 0 Å². The largest absolute Gasteiger partial charge is 0.435 e. The van der Waals surface area contributed by atoms with E-state index in [2.05, 4.69) is 5.10 Å². The van der Waals surface area contributed by atoms with Crippen molar-refractivity contribution in [1.29, 1.82) is 0 Å². The van der Waals surface area contributed by atoms with Gasteiger partial charge in [0.05, 0.1) is 17.5 Å². The summed E-state index contributed by atoms with van der Waals surface area (Å²) in [7, 11) is -3.17. The Balaban J connectivity index is 2.31. The maximum absolute atomic E-state index is 12.5. The molecule has 1 aliphatic heterocycles. The van der Waals surface area contributed by atoms with Gasteiger partial charge in [-0.3, -0.25) is 4.68 Å². The van der Waals surface area contributed by atoms with Crippen molar-refractivity contribution in [3.05, 3.63) is 17.5 Å². The second kappa shape index (κ2) is 4.25. The van der Waals surface area contributed by atoms with Crippen molar-refractivity contribution >= 4 is 9.84 Å². The molecule has 2 rings (SSSR count). The van der Waals surface area contributed by atoms with Gasteiger partial charge in [0, 0.05) is 5.69 Å². The molecule has 1 unspecified atom stereocenters. The summed E-state index contributed by atoms with van der Waals surface area (Å²) >= 11 is 0. The Bertz CT molecular complexity index is 548. The van der Waals surface area contributed by atoms with Gasteiger partial charge in [-0.05, 0) is 25.8 Å². The molecule has 2 heterocycles. The summed E-state index contributed by atoms with van der Waals surface area (Å²) in [6.07, 6.45) is -3.49. The van der Waals surface area contributed by atoms with Crippen molar-refractivity contribution in [3.63, 3.8) is 0 Å². The molecule has 4 nitrogen and oxygen atoms in total. The number of halogens is 3. The lowest BCUT2D eigenvalue weighted by molar-refractivity contribution is -0.141. The average molecular weight is 282 g/mol. The van der Waals surface area contributed by atoms with E-state index in [1.54, 1.807) is 0 Å². The molecule has 0 saturated carbocycles. The lowest BCUT2D eigenvalue weighted by Crippen LogP contribution is -2.28. The summed E-state index contributed by atoms with van der Waals surface area (Å²) in [6.45, 7) is 1.50. The van der Waals surface area contributed by atoms with Gasteiger partial charge >= 0.3 is 6.18 Å². The van der Waals surface area contributed by atoms with Gasteiger partial charge in [-0.2, -0.15) is 18.3 Å². The molecule has 1 aromatic heterocycles. The molecule has 0 N–H and O–H groups in total. The fourth-order valence-electron chi connectivity index (χ4n) is 2.19. The molecule has 0 aromatic carbocycles. The van der Waals surface area contributed by atoms with E-state index < -0.39 is 27.7 Å². The first kappa shape index (κ1) is 13.4. The second-order valence-electron chi connectivity index (χ2n) is 4.52. The Labute approximate surface area is 103 Å². The van der Waals surface area contributed by atoms with Crippen molar-refractivity contribution in [2.24, 2.45) is 0 Å². The SMILES string of the molecule is Cc1cc(C(F)(F)F)nn1C1CCCS(=O)(=O)C1. The van der Waals surface area contributed by atoms with Gasteiger partial charge in [-0.25, -0.2) is 8.42 Å². The van der Waals surface area contributed by atoms with Crippen LogP contribution < -0.4 is 0 Å². The van der Waals surface area contributed by atoms with E-state index in [-0.39, 0.29) is 11.5 Å². The first-order valence-corrected chi connectivity index (χ1v) is 7.35. The van der Waals surface area contributed by atoms with Crippen LogP contribution in [0.3, 0.4) is 0 Å². The molecule has 0 spiro atoms. The Morgan fingerprint density at radius 2 is 2.11 bits per heavy atom. The molecule has 1 aliphatic rings. The number of nitrogens with zero attached hydrogens (tertiary/aromatic N) is 2. The Morgan fingerprint density at radius 3 is 2.61 bits per heavy atom. The molecule has 0 aliphatic carbocycles. The van der Waals surface area contributed by atoms with Crippen molar-refractivity contribution in [2.75, 3.05) is 11.5 Å². The first-order chi connectivity index (χ1) is 8.19. The van der Waals surface area contributed by atoms with Crippen LogP contribution in [0.4, 0.5) is 13.2 Å². The molecule has 18 heavy (non-hydrogen) atoms. The fourth-order valence-corrected chi connectivity index (χ4v) is 3.85. The maximum atomic E-state index is 12.5. The number of sulfone groups is 1. The van der Waals surface area contributed by atoms with Crippen molar-refractivity contribution in [2.45, 2.75) is 32.0 Å². The number of hydrogen-bond acceptors (Lipinski definition) is 3. The Kier molecular flexibility index (Phi) is 3.16. The van der Waals surface area contributed by atoms with Gasteiger partial charge in [0.2, 0.25) is 0 Å². The molecule has 0 amide bonds. The summed E-state index contributed by atoms with van der Waals surface area (Å²) in [5.41, 5.74) is -0.632. The van der Waals surface area contributed by atoms with E-state index >= 15 is 0 Å². The number of rotatable bonds is 1. The van der Waals surface area contributed by atoms with Gasteiger partial charge in [-0.1, -0.05) is 0 Å². The second-order valence-corrected chi connectivity index (χ2v) is 6.75. The van der Waals surface area contributed by atoms with Gasteiger partial charge < -0.3 is 0 Å². The molecule has 0 radical (unpaired) electrons. The quantitative estimate of drug-likeness (QED) is 0.791. The molecule has 0 bridgehead atoms. The minimum Gasteiger partial charge on any atom is -0.265 e. The molecule has 1 fully saturated rings. The highest BCUT2D eigenvalue weighted by Gasteiger charge is 2.36. The van der Waals surface area contributed by atoms with E-state index in [0.29, 0.717) is 18.5 Å². The first-order valence-electron chi connectivity index (χ1n) is 5.53. The number of hydrogen-bond donors (Lipinski definition) is 0. The minimum absolute atomic E-state index is 0.107. The zero-order valence-corrected chi connectivity index (χ0v) is 10.6.